The number of pyridine rings is 1. The number of benzene rings is 1. The number of hydrogen-bond acceptors (Lipinski definition) is 7. The Bertz CT molecular complexity index is 1110. The fraction of sp³-hybridized carbons (Fsp3) is 0.333. The van der Waals surface area contributed by atoms with E-state index in [9.17, 15) is 24.5 Å². The summed E-state index contributed by atoms with van der Waals surface area (Å²) < 4.78 is 17.2. The second-order valence-corrected chi connectivity index (χ2v) is 8.24. The van der Waals surface area contributed by atoms with E-state index in [0.717, 1.165) is 43.5 Å². The van der Waals surface area contributed by atoms with Crippen LogP contribution in [0.2, 0.25) is 0 Å². The molecule has 3 heterocycles. The highest BCUT2D eigenvalue weighted by atomic mass is 32.2. The minimum absolute atomic E-state index is 0.0497. The van der Waals surface area contributed by atoms with E-state index in [-0.39, 0.29) is 11.3 Å². The number of hydrogen-bond donors (Lipinski definition) is 4. The largest absolute Gasteiger partial charge is 0.369 e. The van der Waals surface area contributed by atoms with Crippen LogP contribution in [0.3, 0.4) is 0 Å². The van der Waals surface area contributed by atoms with Crippen molar-refractivity contribution >= 4 is 29.1 Å². The quantitative estimate of drug-likeness (QED) is 0.359. The van der Waals surface area contributed by atoms with E-state index in [2.05, 4.69) is 9.40 Å². The van der Waals surface area contributed by atoms with Gasteiger partial charge in [0.2, 0.25) is 0 Å². The highest BCUT2D eigenvalue weighted by Crippen LogP contribution is 2.34. The van der Waals surface area contributed by atoms with Crippen LogP contribution in [0, 0.1) is 5.82 Å². The van der Waals surface area contributed by atoms with Crippen LogP contribution in [-0.4, -0.2) is 49.7 Å². The number of aromatic nitrogens is 2. The first kappa shape index (κ1) is 21.6. The predicted octanol–water partition coefficient (Wildman–Crippen LogP) is 2.27. The molecule has 4 N–H and O–H groups in total. The molecule has 0 aliphatic carbocycles. The summed E-state index contributed by atoms with van der Waals surface area (Å²) in [5.74, 6) is -1.36. The lowest BCUT2D eigenvalue weighted by atomic mass is 10.0. The first-order valence-corrected chi connectivity index (χ1v) is 11.1. The molecule has 1 amide bonds. The van der Waals surface area contributed by atoms with E-state index in [4.69, 9.17) is 0 Å². The predicted molar refractivity (Wildman–Crippen MR) is 116 cm³/mol. The summed E-state index contributed by atoms with van der Waals surface area (Å²) in [6.07, 6.45) is 4.48. The summed E-state index contributed by atoms with van der Waals surface area (Å²) in [6, 6.07) is 7.35. The lowest BCUT2D eigenvalue weighted by Crippen LogP contribution is -2.48. The molecule has 8 nitrogen and oxygen atoms in total. The standard InChI is InChI=1S/C21H23FN4O4S/c1-31-26-10-4-2-3-5-14-11-16-18(20(27)23-21(28,29)30)19(24-25(16)12-17(14)26)13-6-8-15(22)9-7-13/h6-9,11-12,28-30H,2-5,10H2,1H3,(H,23,27). The van der Waals surface area contributed by atoms with Crippen molar-refractivity contribution in [3.05, 3.63) is 53.5 Å². The van der Waals surface area contributed by atoms with Crippen LogP contribution in [0.15, 0.2) is 36.5 Å². The van der Waals surface area contributed by atoms with Crippen LogP contribution in [0.25, 0.3) is 16.8 Å². The van der Waals surface area contributed by atoms with Gasteiger partial charge < -0.3 is 19.6 Å². The molecule has 2 aromatic heterocycles. The Labute approximate surface area is 182 Å². The molecule has 0 radical (unpaired) electrons. The maximum atomic E-state index is 13.4. The van der Waals surface area contributed by atoms with Gasteiger partial charge >= 0.3 is 6.10 Å². The SMILES string of the molecule is CSN1CCCCCc2cc3c(C(=O)NC(O)(O)O)c(-c4ccc(F)cc4)nn3cc21. The van der Waals surface area contributed by atoms with E-state index in [0.29, 0.717) is 11.1 Å². The molecule has 0 atom stereocenters. The summed E-state index contributed by atoms with van der Waals surface area (Å²) in [5, 5.41) is 34.1. The molecule has 3 aromatic rings. The number of anilines is 1. The maximum Gasteiger partial charge on any atom is 0.369 e. The van der Waals surface area contributed by atoms with E-state index < -0.39 is 17.8 Å². The van der Waals surface area contributed by atoms with Gasteiger partial charge in [0.25, 0.3) is 5.91 Å². The molecule has 0 saturated heterocycles. The number of aryl methyl sites for hydroxylation is 1. The Balaban J connectivity index is 1.94. The Hall–Kier alpha value is -2.66. The monoisotopic (exact) mass is 446 g/mol. The molecular weight excluding hydrogens is 423 g/mol. The van der Waals surface area contributed by atoms with Gasteiger partial charge in [0.1, 0.15) is 11.5 Å². The first-order valence-electron chi connectivity index (χ1n) is 9.89. The van der Waals surface area contributed by atoms with Crippen molar-refractivity contribution in [1.82, 2.24) is 14.9 Å². The van der Waals surface area contributed by atoms with Crippen molar-refractivity contribution in [2.45, 2.75) is 31.8 Å². The van der Waals surface area contributed by atoms with E-state index in [1.54, 1.807) is 21.8 Å². The zero-order valence-corrected chi connectivity index (χ0v) is 17.7. The van der Waals surface area contributed by atoms with Crippen LogP contribution in [0.5, 0.6) is 0 Å². The smallest absolute Gasteiger partial charge is 0.325 e. The van der Waals surface area contributed by atoms with Crippen molar-refractivity contribution in [1.29, 1.82) is 0 Å². The molecule has 31 heavy (non-hydrogen) atoms. The number of nitrogens with zero attached hydrogens (tertiary/aromatic N) is 3. The molecule has 164 valence electrons. The van der Waals surface area contributed by atoms with Crippen LogP contribution < -0.4 is 9.62 Å². The summed E-state index contributed by atoms with van der Waals surface area (Å²) >= 11 is 1.61. The Morgan fingerprint density at radius 1 is 1.19 bits per heavy atom. The lowest BCUT2D eigenvalue weighted by molar-refractivity contribution is -0.323. The van der Waals surface area contributed by atoms with Gasteiger partial charge in [-0.15, -0.1) is 0 Å². The zero-order chi connectivity index (χ0) is 22.2. The third-order valence-corrected chi connectivity index (χ3v) is 6.07. The minimum Gasteiger partial charge on any atom is -0.325 e. The average molecular weight is 447 g/mol. The molecule has 4 rings (SSSR count). The molecule has 1 aromatic carbocycles. The van der Waals surface area contributed by atoms with Crippen molar-refractivity contribution in [2.24, 2.45) is 0 Å². The number of fused-ring (bicyclic) bond motifs is 2. The zero-order valence-electron chi connectivity index (χ0n) is 16.9. The Morgan fingerprint density at radius 2 is 1.94 bits per heavy atom. The van der Waals surface area contributed by atoms with Crippen molar-refractivity contribution in [2.75, 3.05) is 17.1 Å². The molecule has 0 saturated carbocycles. The molecule has 10 heteroatoms. The third kappa shape index (κ3) is 4.52. The van der Waals surface area contributed by atoms with Crippen molar-refractivity contribution in [3.8, 4) is 11.3 Å². The average Bonchev–Trinajstić information content (AvgIpc) is 3.06. The second-order valence-electron chi connectivity index (χ2n) is 7.43. The highest BCUT2D eigenvalue weighted by Gasteiger charge is 2.29. The normalized spacial score (nSPS) is 14.8. The van der Waals surface area contributed by atoms with Crippen LogP contribution in [-0.2, 0) is 6.42 Å². The Morgan fingerprint density at radius 3 is 2.61 bits per heavy atom. The third-order valence-electron chi connectivity index (χ3n) is 5.25. The summed E-state index contributed by atoms with van der Waals surface area (Å²) in [5.41, 5.74) is 3.25. The molecule has 0 bridgehead atoms. The number of rotatable bonds is 4. The molecular formula is C21H23FN4O4S. The summed E-state index contributed by atoms with van der Waals surface area (Å²) in [7, 11) is 0. The highest BCUT2D eigenvalue weighted by molar-refractivity contribution is 7.99. The molecule has 0 spiro atoms. The van der Waals surface area contributed by atoms with Crippen LogP contribution in [0.4, 0.5) is 10.1 Å². The van der Waals surface area contributed by atoms with Gasteiger partial charge in [-0.1, -0.05) is 18.4 Å². The number of aliphatic hydroxyl groups is 3. The van der Waals surface area contributed by atoms with E-state index >= 15 is 0 Å². The van der Waals surface area contributed by atoms with E-state index in [1.807, 2.05) is 18.5 Å². The number of halogens is 1. The fourth-order valence-electron chi connectivity index (χ4n) is 3.85. The molecule has 1 aliphatic rings. The summed E-state index contributed by atoms with van der Waals surface area (Å²) in [4.78, 5) is 12.9. The van der Waals surface area contributed by atoms with E-state index in [1.165, 1.54) is 24.3 Å². The summed E-state index contributed by atoms with van der Waals surface area (Å²) in [6.45, 7) is 0.890. The maximum absolute atomic E-state index is 13.4. The van der Waals surface area contributed by atoms with Gasteiger partial charge in [-0.3, -0.25) is 10.1 Å². The molecule has 1 aliphatic heterocycles. The van der Waals surface area contributed by atoms with Gasteiger partial charge in [0.05, 0.1) is 23.0 Å². The Kier molecular flexibility index (Phi) is 5.89. The van der Waals surface area contributed by atoms with Crippen LogP contribution >= 0.6 is 11.9 Å². The lowest BCUT2D eigenvalue weighted by Gasteiger charge is -2.26. The topological polar surface area (TPSA) is 110 Å². The number of amides is 1. The number of nitrogens with one attached hydrogen (secondary N) is 1. The molecule has 0 unspecified atom stereocenters. The van der Waals surface area contributed by atoms with Gasteiger partial charge in [-0.05, 0) is 55.2 Å². The second kappa shape index (κ2) is 8.46. The van der Waals surface area contributed by atoms with Gasteiger partial charge in [0.15, 0.2) is 0 Å². The fourth-order valence-corrected chi connectivity index (χ4v) is 4.53. The van der Waals surface area contributed by atoms with Gasteiger partial charge in [0, 0.05) is 18.4 Å². The number of carbonyl (C=O) groups excluding carboxylic acids is 1. The number of carbonyl (C=O) groups is 1. The van der Waals surface area contributed by atoms with Crippen LogP contribution in [0.1, 0.15) is 35.2 Å². The van der Waals surface area contributed by atoms with Gasteiger partial charge in [-0.25, -0.2) is 8.91 Å². The van der Waals surface area contributed by atoms with Gasteiger partial charge in [-0.2, -0.15) is 5.10 Å². The minimum atomic E-state index is -3.38. The van der Waals surface area contributed by atoms with Crippen molar-refractivity contribution in [3.63, 3.8) is 0 Å². The first-order chi connectivity index (χ1) is 14.8. The molecule has 0 fully saturated rings. The van der Waals surface area contributed by atoms with Crippen molar-refractivity contribution < 1.29 is 24.5 Å².